The second-order valence-electron chi connectivity index (χ2n) is 6.02. The van der Waals surface area contributed by atoms with E-state index in [9.17, 15) is 0 Å². The smallest absolute Gasteiger partial charge is 0.0409 e. The van der Waals surface area contributed by atoms with Gasteiger partial charge in [-0.05, 0) is 62.5 Å². The standard InChI is InChI=1S/C17H27ClN2/c1-2-4-14-7-10-20(11-8-14)12-9-17(19)15-5-3-6-16(18)13-15/h3,5-6,13-14,17H,2,4,7-12,19H2,1H3. The Morgan fingerprint density at radius 3 is 2.75 bits per heavy atom. The minimum atomic E-state index is 0.0991. The number of likely N-dealkylation sites (tertiary alicyclic amines) is 1. The largest absolute Gasteiger partial charge is 0.324 e. The van der Waals surface area contributed by atoms with Gasteiger partial charge < -0.3 is 10.6 Å². The first-order chi connectivity index (χ1) is 9.69. The Hall–Kier alpha value is -0.570. The van der Waals surface area contributed by atoms with Crippen molar-refractivity contribution in [3.05, 3.63) is 34.9 Å². The van der Waals surface area contributed by atoms with Crippen LogP contribution >= 0.6 is 11.6 Å². The van der Waals surface area contributed by atoms with Crippen molar-refractivity contribution in [3.8, 4) is 0 Å². The number of nitrogens with two attached hydrogens (primary N) is 1. The van der Waals surface area contributed by atoms with Crippen LogP contribution in [0.15, 0.2) is 24.3 Å². The predicted molar refractivity (Wildman–Crippen MR) is 87.1 cm³/mol. The second-order valence-corrected chi connectivity index (χ2v) is 6.46. The second kappa shape index (κ2) is 8.02. The van der Waals surface area contributed by atoms with E-state index in [-0.39, 0.29) is 6.04 Å². The number of benzene rings is 1. The Kier molecular flexibility index (Phi) is 6.34. The van der Waals surface area contributed by atoms with E-state index in [1.54, 1.807) is 0 Å². The Morgan fingerprint density at radius 2 is 2.10 bits per heavy atom. The summed E-state index contributed by atoms with van der Waals surface area (Å²) < 4.78 is 0. The summed E-state index contributed by atoms with van der Waals surface area (Å²) in [5.41, 5.74) is 7.42. The molecule has 0 radical (unpaired) electrons. The van der Waals surface area contributed by atoms with Gasteiger partial charge in [0.05, 0.1) is 0 Å². The topological polar surface area (TPSA) is 29.3 Å². The minimum absolute atomic E-state index is 0.0991. The monoisotopic (exact) mass is 294 g/mol. The molecule has 0 spiro atoms. The van der Waals surface area contributed by atoms with Crippen LogP contribution in [0.3, 0.4) is 0 Å². The molecule has 0 saturated carbocycles. The molecule has 1 aromatic carbocycles. The van der Waals surface area contributed by atoms with Crippen LogP contribution < -0.4 is 5.73 Å². The van der Waals surface area contributed by atoms with E-state index in [4.69, 9.17) is 17.3 Å². The molecular weight excluding hydrogens is 268 g/mol. The quantitative estimate of drug-likeness (QED) is 0.850. The SMILES string of the molecule is CCCC1CCN(CCC(N)c2cccc(Cl)c2)CC1. The van der Waals surface area contributed by atoms with Crippen LogP contribution in [0.5, 0.6) is 0 Å². The molecule has 1 unspecified atom stereocenters. The van der Waals surface area contributed by atoms with Crippen molar-refractivity contribution < 1.29 is 0 Å². The summed E-state index contributed by atoms with van der Waals surface area (Å²) in [6, 6.07) is 8.04. The van der Waals surface area contributed by atoms with Gasteiger partial charge >= 0.3 is 0 Å². The highest BCUT2D eigenvalue weighted by Gasteiger charge is 2.18. The van der Waals surface area contributed by atoms with Crippen molar-refractivity contribution in [2.75, 3.05) is 19.6 Å². The molecule has 1 fully saturated rings. The number of piperidine rings is 1. The summed E-state index contributed by atoms with van der Waals surface area (Å²) in [4.78, 5) is 2.57. The van der Waals surface area contributed by atoms with Crippen LogP contribution in [-0.2, 0) is 0 Å². The molecule has 20 heavy (non-hydrogen) atoms. The van der Waals surface area contributed by atoms with Crippen LogP contribution in [0, 0.1) is 5.92 Å². The van der Waals surface area contributed by atoms with Crippen LogP contribution in [0.1, 0.15) is 50.6 Å². The number of nitrogens with zero attached hydrogens (tertiary/aromatic N) is 1. The molecule has 0 aliphatic carbocycles. The summed E-state index contributed by atoms with van der Waals surface area (Å²) in [6.07, 6.45) is 6.46. The lowest BCUT2D eigenvalue weighted by Crippen LogP contribution is -2.35. The molecule has 0 bridgehead atoms. The highest BCUT2D eigenvalue weighted by atomic mass is 35.5. The molecule has 1 aliphatic rings. The molecule has 1 atom stereocenters. The van der Waals surface area contributed by atoms with Gasteiger partial charge in [0.1, 0.15) is 0 Å². The zero-order valence-corrected chi connectivity index (χ0v) is 13.3. The molecule has 2 nitrogen and oxygen atoms in total. The summed E-state index contributed by atoms with van der Waals surface area (Å²) in [5.74, 6) is 0.956. The lowest BCUT2D eigenvalue weighted by atomic mass is 9.92. The maximum Gasteiger partial charge on any atom is 0.0409 e. The number of rotatable bonds is 6. The average Bonchev–Trinajstić information content (AvgIpc) is 2.46. The van der Waals surface area contributed by atoms with E-state index in [0.29, 0.717) is 0 Å². The van der Waals surface area contributed by atoms with Crippen molar-refractivity contribution in [2.24, 2.45) is 11.7 Å². The lowest BCUT2D eigenvalue weighted by molar-refractivity contribution is 0.174. The summed E-state index contributed by atoms with van der Waals surface area (Å²) in [7, 11) is 0. The van der Waals surface area contributed by atoms with Gasteiger partial charge in [0.15, 0.2) is 0 Å². The van der Waals surface area contributed by atoms with Crippen LogP contribution in [0.25, 0.3) is 0 Å². The fraction of sp³-hybridized carbons (Fsp3) is 0.647. The maximum atomic E-state index is 6.27. The first-order valence-corrected chi connectivity index (χ1v) is 8.30. The Labute approximate surface area is 128 Å². The Bertz CT molecular complexity index is 400. The first kappa shape index (κ1) is 15.8. The zero-order chi connectivity index (χ0) is 14.4. The molecule has 1 aliphatic heterocycles. The third kappa shape index (κ3) is 4.76. The fourth-order valence-electron chi connectivity index (χ4n) is 3.13. The lowest BCUT2D eigenvalue weighted by Gasteiger charge is -2.32. The average molecular weight is 295 g/mol. The molecule has 1 heterocycles. The van der Waals surface area contributed by atoms with Crippen molar-refractivity contribution >= 4 is 11.6 Å². The Morgan fingerprint density at radius 1 is 1.35 bits per heavy atom. The van der Waals surface area contributed by atoms with Crippen molar-refractivity contribution in [2.45, 2.75) is 45.1 Å². The van der Waals surface area contributed by atoms with E-state index in [1.807, 2.05) is 18.2 Å². The molecule has 1 aromatic rings. The van der Waals surface area contributed by atoms with Gasteiger partial charge in [0.2, 0.25) is 0 Å². The molecule has 2 rings (SSSR count). The number of hydrogen-bond acceptors (Lipinski definition) is 2. The van der Waals surface area contributed by atoms with Gasteiger partial charge in [0.25, 0.3) is 0 Å². The first-order valence-electron chi connectivity index (χ1n) is 7.92. The third-order valence-corrected chi connectivity index (χ3v) is 4.67. The van der Waals surface area contributed by atoms with E-state index >= 15 is 0 Å². The Balaban J connectivity index is 1.73. The predicted octanol–water partition coefficient (Wildman–Crippen LogP) is 4.24. The van der Waals surface area contributed by atoms with Crippen LogP contribution in [-0.4, -0.2) is 24.5 Å². The molecular formula is C17H27ClN2. The van der Waals surface area contributed by atoms with Crippen LogP contribution in [0.2, 0.25) is 5.02 Å². The summed E-state index contributed by atoms with van der Waals surface area (Å²) in [5, 5.41) is 0.776. The van der Waals surface area contributed by atoms with Gasteiger partial charge in [-0.25, -0.2) is 0 Å². The molecule has 1 saturated heterocycles. The van der Waals surface area contributed by atoms with Gasteiger partial charge in [-0.1, -0.05) is 43.5 Å². The molecule has 2 N–H and O–H groups in total. The normalized spacial score (nSPS) is 19.1. The van der Waals surface area contributed by atoms with Gasteiger partial charge in [-0.2, -0.15) is 0 Å². The minimum Gasteiger partial charge on any atom is -0.324 e. The highest BCUT2D eigenvalue weighted by Crippen LogP contribution is 2.23. The van der Waals surface area contributed by atoms with Crippen molar-refractivity contribution in [1.29, 1.82) is 0 Å². The van der Waals surface area contributed by atoms with E-state index in [0.717, 1.165) is 29.5 Å². The van der Waals surface area contributed by atoms with E-state index in [1.165, 1.54) is 38.8 Å². The fourth-order valence-corrected chi connectivity index (χ4v) is 3.33. The summed E-state index contributed by atoms with van der Waals surface area (Å²) >= 11 is 6.02. The van der Waals surface area contributed by atoms with Gasteiger partial charge in [-0.15, -0.1) is 0 Å². The zero-order valence-electron chi connectivity index (χ0n) is 12.5. The molecule has 0 amide bonds. The van der Waals surface area contributed by atoms with E-state index < -0.39 is 0 Å². The molecule has 0 aromatic heterocycles. The number of halogens is 1. The molecule has 112 valence electrons. The third-order valence-electron chi connectivity index (χ3n) is 4.44. The number of hydrogen-bond donors (Lipinski definition) is 1. The van der Waals surface area contributed by atoms with Crippen LogP contribution in [0.4, 0.5) is 0 Å². The van der Waals surface area contributed by atoms with Crippen molar-refractivity contribution in [3.63, 3.8) is 0 Å². The molecule has 3 heteroatoms. The summed E-state index contributed by atoms with van der Waals surface area (Å²) in [6.45, 7) is 5.88. The highest BCUT2D eigenvalue weighted by molar-refractivity contribution is 6.30. The van der Waals surface area contributed by atoms with Gasteiger partial charge in [0, 0.05) is 11.1 Å². The van der Waals surface area contributed by atoms with Crippen molar-refractivity contribution in [1.82, 2.24) is 4.90 Å². The van der Waals surface area contributed by atoms with Gasteiger partial charge in [-0.3, -0.25) is 0 Å². The van der Waals surface area contributed by atoms with E-state index in [2.05, 4.69) is 17.9 Å². The maximum absolute atomic E-state index is 6.27.